The van der Waals surface area contributed by atoms with E-state index in [1.807, 2.05) is 0 Å². The van der Waals surface area contributed by atoms with E-state index in [4.69, 9.17) is 0 Å². The molecular weight excluding hydrogens is 368 g/mol. The van der Waals surface area contributed by atoms with Crippen LogP contribution in [0.25, 0.3) is 10.4 Å². The molecule has 0 spiro atoms. The summed E-state index contributed by atoms with van der Waals surface area (Å²) in [5.74, 6) is 0. The summed E-state index contributed by atoms with van der Waals surface area (Å²) in [6.07, 6.45) is 4.84. The number of allylic oxidation sites excluding steroid dienone is 2. The van der Waals surface area contributed by atoms with Gasteiger partial charge in [-0.3, -0.25) is 0 Å². The largest absolute Gasteiger partial charge is 0.0783 e. The van der Waals surface area contributed by atoms with E-state index in [0.29, 0.717) is 0 Å². The normalized spacial score (nSPS) is 16.6. The van der Waals surface area contributed by atoms with E-state index < -0.39 is 16.1 Å². The highest BCUT2D eigenvalue weighted by Gasteiger charge is 2.33. The van der Waals surface area contributed by atoms with Gasteiger partial charge in [0.2, 0.25) is 0 Å². The molecule has 0 radical (unpaired) electrons. The Hall–Kier alpha value is -1.65. The molecule has 2 aromatic carbocycles. The van der Waals surface area contributed by atoms with Crippen LogP contribution in [0, 0.1) is 0 Å². The first-order valence-electron chi connectivity index (χ1n) is 10.8. The van der Waals surface area contributed by atoms with Crippen molar-refractivity contribution >= 4 is 26.5 Å². The number of rotatable bonds is 5. The lowest BCUT2D eigenvalue weighted by molar-refractivity contribution is 0.884. The Morgan fingerprint density at radius 2 is 0.929 bits per heavy atom. The van der Waals surface area contributed by atoms with Gasteiger partial charge in [-0.15, -0.1) is 0 Å². The van der Waals surface area contributed by atoms with Crippen molar-refractivity contribution in [2.45, 2.75) is 65.0 Å². The van der Waals surface area contributed by atoms with Gasteiger partial charge in [0.25, 0.3) is 0 Å². The molecule has 28 heavy (non-hydrogen) atoms. The van der Waals surface area contributed by atoms with Gasteiger partial charge >= 0.3 is 0 Å². The van der Waals surface area contributed by atoms with E-state index in [9.17, 15) is 0 Å². The highest BCUT2D eigenvalue weighted by molar-refractivity contribution is 6.94. The molecule has 2 heteroatoms. The van der Waals surface area contributed by atoms with Crippen LogP contribution in [0.15, 0.2) is 59.7 Å². The molecule has 0 N–H and O–H groups in total. The lowest BCUT2D eigenvalue weighted by atomic mass is 10.0. The van der Waals surface area contributed by atoms with Crippen molar-refractivity contribution in [2.75, 3.05) is 0 Å². The number of hydrogen-bond donors (Lipinski definition) is 0. The van der Waals surface area contributed by atoms with E-state index in [1.54, 1.807) is 43.8 Å². The van der Waals surface area contributed by atoms with Crippen molar-refractivity contribution in [3.8, 4) is 0 Å². The average Bonchev–Trinajstić information content (AvgIpc) is 3.16. The van der Waals surface area contributed by atoms with Gasteiger partial charge in [0.15, 0.2) is 0 Å². The van der Waals surface area contributed by atoms with Crippen LogP contribution in [-0.2, 0) is 12.8 Å². The number of fused-ring (bicyclic) bond motifs is 2. The van der Waals surface area contributed by atoms with Crippen LogP contribution in [0.4, 0.5) is 0 Å². The maximum atomic E-state index is 2.52. The predicted octanol–water partition coefficient (Wildman–Crippen LogP) is 7.54. The third kappa shape index (κ3) is 3.53. The molecule has 0 bridgehead atoms. The molecule has 2 aromatic rings. The first-order valence-corrected chi connectivity index (χ1v) is 17.8. The second-order valence-electron chi connectivity index (χ2n) is 10.6. The van der Waals surface area contributed by atoms with E-state index >= 15 is 0 Å². The molecule has 0 aliphatic heterocycles. The molecule has 4 rings (SSSR count). The molecule has 0 saturated carbocycles. The van der Waals surface area contributed by atoms with Gasteiger partial charge in [0, 0.05) is 0 Å². The monoisotopic (exact) mass is 402 g/mol. The molecule has 0 aromatic heterocycles. The fourth-order valence-corrected chi connectivity index (χ4v) is 10.1. The van der Waals surface area contributed by atoms with Crippen molar-refractivity contribution in [3.05, 3.63) is 81.9 Å². The third-order valence-corrected chi connectivity index (χ3v) is 10.6. The Kier molecular flexibility index (Phi) is 4.91. The minimum atomic E-state index is -1.36. The topological polar surface area (TPSA) is 0 Å². The van der Waals surface area contributed by atoms with Crippen LogP contribution < -0.4 is 0 Å². The summed E-state index contributed by atoms with van der Waals surface area (Å²) in [5, 5.41) is 3.49. The van der Waals surface area contributed by atoms with Gasteiger partial charge in [0.05, 0.1) is 16.1 Å². The van der Waals surface area contributed by atoms with Gasteiger partial charge < -0.3 is 0 Å². The van der Waals surface area contributed by atoms with Gasteiger partial charge in [-0.1, -0.05) is 109 Å². The standard InChI is InChI=1S/C26H34Si2/c1-27(2,3)25-21(17-19-11-7-9-13-23(19)25)15-16-22-18-20-12-8-10-14-24(20)26(22)28(4,5)6/h7-14H,15-18H2,1-6H3. The molecule has 0 saturated heterocycles. The van der Waals surface area contributed by atoms with Crippen molar-refractivity contribution in [1.29, 1.82) is 0 Å². The Bertz CT molecular complexity index is 896. The molecular formula is C26H34Si2. The molecule has 0 fully saturated rings. The summed E-state index contributed by atoms with van der Waals surface area (Å²) in [5.41, 5.74) is 9.71. The highest BCUT2D eigenvalue weighted by Crippen LogP contribution is 2.44. The van der Waals surface area contributed by atoms with Crippen molar-refractivity contribution < 1.29 is 0 Å². The second kappa shape index (κ2) is 7.00. The number of hydrogen-bond acceptors (Lipinski definition) is 0. The molecule has 2 aliphatic rings. The molecule has 0 atom stereocenters. The average molecular weight is 403 g/mol. The van der Waals surface area contributed by atoms with Crippen LogP contribution in [0.3, 0.4) is 0 Å². The van der Waals surface area contributed by atoms with E-state index in [2.05, 4.69) is 87.8 Å². The van der Waals surface area contributed by atoms with Gasteiger partial charge in [0.1, 0.15) is 0 Å². The number of benzene rings is 2. The Morgan fingerprint density at radius 3 is 1.29 bits per heavy atom. The summed E-state index contributed by atoms with van der Waals surface area (Å²) < 4.78 is 0. The summed E-state index contributed by atoms with van der Waals surface area (Å²) in [4.78, 5) is 0. The quantitative estimate of drug-likeness (QED) is 0.453. The minimum absolute atomic E-state index is 1.18. The zero-order chi connectivity index (χ0) is 20.1. The molecule has 146 valence electrons. The van der Waals surface area contributed by atoms with E-state index in [-0.39, 0.29) is 0 Å². The first-order chi connectivity index (χ1) is 13.2. The summed E-state index contributed by atoms with van der Waals surface area (Å²) >= 11 is 0. The van der Waals surface area contributed by atoms with E-state index in [0.717, 1.165) is 0 Å². The smallest absolute Gasteiger partial charge is 0.0656 e. The predicted molar refractivity (Wildman–Crippen MR) is 130 cm³/mol. The van der Waals surface area contributed by atoms with Crippen LogP contribution in [0.2, 0.25) is 39.3 Å². The minimum Gasteiger partial charge on any atom is -0.0656 e. The fraction of sp³-hybridized carbons (Fsp3) is 0.385. The van der Waals surface area contributed by atoms with Crippen LogP contribution in [0.5, 0.6) is 0 Å². The lowest BCUT2D eigenvalue weighted by Crippen LogP contribution is -2.24. The zero-order valence-corrected chi connectivity index (χ0v) is 20.4. The molecule has 0 amide bonds. The Labute approximate surface area is 173 Å². The summed E-state index contributed by atoms with van der Waals surface area (Å²) in [7, 11) is -2.72. The Balaban J connectivity index is 1.67. The van der Waals surface area contributed by atoms with E-state index in [1.165, 1.54) is 25.7 Å². The lowest BCUT2D eigenvalue weighted by Gasteiger charge is -2.24. The summed E-state index contributed by atoms with van der Waals surface area (Å²) in [6, 6.07) is 18.3. The fourth-order valence-electron chi connectivity index (χ4n) is 5.45. The zero-order valence-electron chi connectivity index (χ0n) is 18.4. The van der Waals surface area contributed by atoms with Gasteiger partial charge in [-0.2, -0.15) is 0 Å². The Morgan fingerprint density at radius 1 is 0.571 bits per heavy atom. The third-order valence-electron chi connectivity index (χ3n) is 6.32. The van der Waals surface area contributed by atoms with Crippen molar-refractivity contribution in [1.82, 2.24) is 0 Å². The molecule has 2 aliphatic carbocycles. The highest BCUT2D eigenvalue weighted by atomic mass is 28.3. The van der Waals surface area contributed by atoms with Crippen LogP contribution >= 0.6 is 0 Å². The maximum absolute atomic E-state index is 2.52. The van der Waals surface area contributed by atoms with Crippen molar-refractivity contribution in [3.63, 3.8) is 0 Å². The van der Waals surface area contributed by atoms with Gasteiger partial charge in [-0.25, -0.2) is 0 Å². The second-order valence-corrected chi connectivity index (χ2v) is 20.6. The first kappa shape index (κ1) is 19.7. The molecule has 0 nitrogen and oxygen atoms in total. The molecule has 0 heterocycles. The van der Waals surface area contributed by atoms with Crippen LogP contribution in [0.1, 0.15) is 35.1 Å². The van der Waals surface area contributed by atoms with Gasteiger partial charge in [-0.05, 0) is 47.9 Å². The van der Waals surface area contributed by atoms with Crippen LogP contribution in [-0.4, -0.2) is 16.1 Å². The van der Waals surface area contributed by atoms with Crippen molar-refractivity contribution in [2.24, 2.45) is 0 Å². The maximum Gasteiger partial charge on any atom is 0.0783 e. The molecule has 0 unspecified atom stereocenters. The summed E-state index contributed by atoms with van der Waals surface area (Å²) in [6.45, 7) is 15.1. The SMILES string of the molecule is C[Si](C)(C)C1=C(CCC2=C([Si](C)(C)C)c3ccccc3C2)Cc2ccccc21.